The maximum atomic E-state index is 11.8. The van der Waals surface area contributed by atoms with E-state index >= 15 is 0 Å². The quantitative estimate of drug-likeness (QED) is 0.679. The molecule has 0 saturated heterocycles. The van der Waals surface area contributed by atoms with Crippen molar-refractivity contribution in [3.05, 3.63) is 34.4 Å². The van der Waals surface area contributed by atoms with E-state index in [1.54, 1.807) is 19.1 Å². The van der Waals surface area contributed by atoms with Gasteiger partial charge in [-0.1, -0.05) is 11.6 Å². The van der Waals surface area contributed by atoms with Crippen molar-refractivity contribution in [2.45, 2.75) is 6.92 Å². The first kappa shape index (κ1) is 13.4. The number of ketones is 1. The van der Waals surface area contributed by atoms with Gasteiger partial charge < -0.3 is 14.6 Å². The molecule has 0 fully saturated rings. The van der Waals surface area contributed by atoms with E-state index in [0.717, 1.165) is 0 Å². The van der Waals surface area contributed by atoms with Gasteiger partial charge >= 0.3 is 5.97 Å². The lowest BCUT2D eigenvalue weighted by molar-refractivity contribution is -0.152. The van der Waals surface area contributed by atoms with Crippen LogP contribution in [0.15, 0.2) is 23.8 Å². The standard InChI is InChI=1S/C13H11ClO5/c1-2-18-13(17)12(16)9-6-19-10-4-3-7(14)5-8(10)11(9)15/h3-5,15H,2,6H2,1H3. The first-order valence-corrected chi connectivity index (χ1v) is 5.98. The summed E-state index contributed by atoms with van der Waals surface area (Å²) in [5, 5.41) is 10.4. The first-order chi connectivity index (χ1) is 9.04. The highest BCUT2D eigenvalue weighted by Crippen LogP contribution is 2.33. The van der Waals surface area contributed by atoms with Gasteiger partial charge in [0.2, 0.25) is 0 Å². The minimum Gasteiger partial charge on any atom is -0.507 e. The number of benzene rings is 1. The highest BCUT2D eigenvalue weighted by molar-refractivity contribution is 6.42. The first-order valence-electron chi connectivity index (χ1n) is 5.61. The second-order valence-corrected chi connectivity index (χ2v) is 4.24. The number of Topliss-reactive ketones (excluding diaryl/α,β-unsaturated/α-hetero) is 1. The Morgan fingerprint density at radius 3 is 2.89 bits per heavy atom. The molecule has 0 spiro atoms. The van der Waals surface area contributed by atoms with E-state index in [1.807, 2.05) is 0 Å². The Hall–Kier alpha value is -2.01. The fourth-order valence-corrected chi connectivity index (χ4v) is 1.86. The van der Waals surface area contributed by atoms with Crippen molar-refractivity contribution in [2.24, 2.45) is 0 Å². The molecule has 6 heteroatoms. The van der Waals surface area contributed by atoms with Gasteiger partial charge in [0.15, 0.2) is 0 Å². The molecule has 100 valence electrons. The maximum absolute atomic E-state index is 11.8. The average molecular weight is 283 g/mol. The summed E-state index contributed by atoms with van der Waals surface area (Å²) in [6.45, 7) is 1.49. The maximum Gasteiger partial charge on any atom is 0.379 e. The fourth-order valence-electron chi connectivity index (χ4n) is 1.69. The highest BCUT2D eigenvalue weighted by Gasteiger charge is 2.29. The fraction of sp³-hybridized carbons (Fsp3) is 0.231. The number of hydrogen-bond acceptors (Lipinski definition) is 5. The molecular weight excluding hydrogens is 272 g/mol. The van der Waals surface area contributed by atoms with E-state index in [9.17, 15) is 14.7 Å². The lowest BCUT2D eigenvalue weighted by atomic mass is 10.0. The van der Waals surface area contributed by atoms with Crippen molar-refractivity contribution in [1.29, 1.82) is 0 Å². The molecule has 1 aromatic carbocycles. The number of fused-ring (bicyclic) bond motifs is 1. The Labute approximate surface area is 114 Å². The minimum absolute atomic E-state index is 0.0852. The zero-order chi connectivity index (χ0) is 14.0. The Balaban J connectivity index is 2.40. The SMILES string of the molecule is CCOC(=O)C(=O)C1=C(O)c2cc(Cl)ccc2OC1. The Bertz CT molecular complexity index is 576. The molecule has 19 heavy (non-hydrogen) atoms. The number of aliphatic hydroxyl groups is 1. The lowest BCUT2D eigenvalue weighted by Gasteiger charge is -2.19. The zero-order valence-corrected chi connectivity index (χ0v) is 10.9. The van der Waals surface area contributed by atoms with Crippen LogP contribution in [-0.4, -0.2) is 30.1 Å². The number of halogens is 1. The lowest BCUT2D eigenvalue weighted by Crippen LogP contribution is -2.26. The van der Waals surface area contributed by atoms with Crippen molar-refractivity contribution in [3.63, 3.8) is 0 Å². The Morgan fingerprint density at radius 1 is 1.47 bits per heavy atom. The van der Waals surface area contributed by atoms with E-state index in [1.165, 1.54) is 6.07 Å². The molecule has 1 aliphatic heterocycles. The number of hydrogen-bond donors (Lipinski definition) is 1. The molecule has 1 aliphatic rings. The Morgan fingerprint density at radius 2 is 2.21 bits per heavy atom. The van der Waals surface area contributed by atoms with Gasteiger partial charge in [-0.25, -0.2) is 4.79 Å². The number of ether oxygens (including phenoxy) is 2. The topological polar surface area (TPSA) is 72.8 Å². The van der Waals surface area contributed by atoms with E-state index < -0.39 is 11.8 Å². The number of esters is 1. The number of carbonyl (C=O) groups is 2. The molecule has 0 saturated carbocycles. The summed E-state index contributed by atoms with van der Waals surface area (Å²) in [6, 6.07) is 4.65. The third kappa shape index (κ3) is 2.56. The summed E-state index contributed by atoms with van der Waals surface area (Å²) in [5.74, 6) is -1.83. The van der Waals surface area contributed by atoms with Crippen LogP contribution in [0.5, 0.6) is 5.75 Å². The Kier molecular flexibility index (Phi) is 3.76. The van der Waals surface area contributed by atoms with Gasteiger partial charge in [0.25, 0.3) is 5.78 Å². The van der Waals surface area contributed by atoms with Crippen LogP contribution in [0.3, 0.4) is 0 Å². The summed E-state index contributed by atoms with van der Waals surface area (Å²) < 4.78 is 9.91. The van der Waals surface area contributed by atoms with E-state index in [0.29, 0.717) is 10.8 Å². The second kappa shape index (κ2) is 5.32. The van der Waals surface area contributed by atoms with Crippen LogP contribution < -0.4 is 4.74 Å². The van der Waals surface area contributed by atoms with Crippen molar-refractivity contribution in [2.75, 3.05) is 13.2 Å². The van der Waals surface area contributed by atoms with Crippen LogP contribution in [0.4, 0.5) is 0 Å². The smallest absolute Gasteiger partial charge is 0.379 e. The van der Waals surface area contributed by atoms with Gasteiger partial charge in [0, 0.05) is 5.02 Å². The van der Waals surface area contributed by atoms with Gasteiger partial charge in [-0.2, -0.15) is 0 Å². The molecule has 5 nitrogen and oxygen atoms in total. The molecule has 0 aromatic heterocycles. The van der Waals surface area contributed by atoms with Gasteiger partial charge in [0.05, 0.1) is 17.7 Å². The molecule has 2 rings (SSSR count). The molecule has 1 N–H and O–H groups in total. The summed E-state index contributed by atoms with van der Waals surface area (Å²) in [7, 11) is 0. The van der Waals surface area contributed by atoms with Crippen LogP contribution in [0, 0.1) is 0 Å². The molecule has 0 bridgehead atoms. The molecular formula is C13H11ClO5. The van der Waals surface area contributed by atoms with Crippen molar-refractivity contribution in [1.82, 2.24) is 0 Å². The van der Waals surface area contributed by atoms with E-state index in [-0.39, 0.29) is 30.1 Å². The largest absolute Gasteiger partial charge is 0.507 e. The molecule has 0 atom stereocenters. The third-order valence-electron chi connectivity index (χ3n) is 2.59. The highest BCUT2D eigenvalue weighted by atomic mass is 35.5. The molecule has 1 aromatic rings. The number of rotatable bonds is 3. The summed E-state index contributed by atoms with van der Waals surface area (Å²) >= 11 is 5.82. The van der Waals surface area contributed by atoms with Gasteiger partial charge in [-0.3, -0.25) is 4.79 Å². The zero-order valence-electron chi connectivity index (χ0n) is 10.1. The van der Waals surface area contributed by atoms with Crippen molar-refractivity contribution >= 4 is 29.1 Å². The van der Waals surface area contributed by atoms with E-state index in [4.69, 9.17) is 16.3 Å². The van der Waals surface area contributed by atoms with E-state index in [2.05, 4.69) is 4.74 Å². The van der Waals surface area contributed by atoms with Crippen LogP contribution >= 0.6 is 11.6 Å². The summed E-state index contributed by atoms with van der Waals surface area (Å²) in [6.07, 6.45) is 0. The molecule has 0 radical (unpaired) electrons. The summed E-state index contributed by atoms with van der Waals surface area (Å²) in [4.78, 5) is 23.2. The predicted octanol–water partition coefficient (Wildman–Crippen LogP) is 2.13. The molecule has 0 amide bonds. The molecule has 0 aliphatic carbocycles. The predicted molar refractivity (Wildman–Crippen MR) is 68.1 cm³/mol. The second-order valence-electron chi connectivity index (χ2n) is 3.81. The molecule has 0 unspecified atom stereocenters. The van der Waals surface area contributed by atoms with Gasteiger partial charge in [0.1, 0.15) is 18.1 Å². The van der Waals surface area contributed by atoms with Crippen LogP contribution in [0.2, 0.25) is 5.02 Å². The average Bonchev–Trinajstić information content (AvgIpc) is 2.39. The van der Waals surface area contributed by atoms with Gasteiger partial charge in [-0.05, 0) is 25.1 Å². The number of carbonyl (C=O) groups excluding carboxylic acids is 2. The monoisotopic (exact) mass is 282 g/mol. The third-order valence-corrected chi connectivity index (χ3v) is 2.82. The van der Waals surface area contributed by atoms with Crippen LogP contribution in [0.1, 0.15) is 12.5 Å². The molecule has 1 heterocycles. The van der Waals surface area contributed by atoms with Gasteiger partial charge in [-0.15, -0.1) is 0 Å². The van der Waals surface area contributed by atoms with Crippen LogP contribution in [-0.2, 0) is 14.3 Å². The number of aliphatic hydroxyl groups excluding tert-OH is 1. The normalized spacial score (nSPS) is 13.6. The summed E-state index contributed by atoms with van der Waals surface area (Å²) in [5.41, 5.74) is 0.152. The minimum atomic E-state index is -1.02. The van der Waals surface area contributed by atoms with Crippen molar-refractivity contribution in [3.8, 4) is 5.75 Å². The van der Waals surface area contributed by atoms with Crippen molar-refractivity contribution < 1.29 is 24.2 Å². The van der Waals surface area contributed by atoms with Crippen LogP contribution in [0.25, 0.3) is 5.76 Å².